The molecule has 0 unspecified atom stereocenters. The summed E-state index contributed by atoms with van der Waals surface area (Å²) in [6, 6.07) is 0. The van der Waals surface area contributed by atoms with Crippen LogP contribution >= 0.6 is 43.2 Å². The first kappa shape index (κ1) is 8.36. The van der Waals surface area contributed by atoms with Gasteiger partial charge in [-0.25, -0.2) is 4.98 Å². The van der Waals surface area contributed by atoms with E-state index in [0.717, 1.165) is 15.9 Å². The van der Waals surface area contributed by atoms with Crippen molar-refractivity contribution in [3.8, 4) is 0 Å². The Labute approximate surface area is 78.9 Å². The zero-order valence-electron chi connectivity index (χ0n) is 4.80. The molecule has 0 aliphatic heterocycles. The van der Waals surface area contributed by atoms with Gasteiger partial charge in [-0.3, -0.25) is 4.79 Å². The number of aldehydes is 1. The number of carbonyl (C=O) groups excluding carboxylic acids is 1. The topological polar surface area (TPSA) is 30.0 Å². The van der Waals surface area contributed by atoms with Gasteiger partial charge in [0, 0.05) is 5.33 Å². The number of thiazole rings is 1. The average molecular weight is 285 g/mol. The fourth-order valence-corrected chi connectivity index (χ4v) is 2.49. The van der Waals surface area contributed by atoms with E-state index < -0.39 is 0 Å². The number of aromatic nitrogens is 1. The van der Waals surface area contributed by atoms with Crippen molar-refractivity contribution in [3.05, 3.63) is 14.5 Å². The second kappa shape index (κ2) is 3.59. The monoisotopic (exact) mass is 283 g/mol. The Kier molecular flexibility index (Phi) is 3.00. The number of hydrogen-bond donors (Lipinski definition) is 0. The van der Waals surface area contributed by atoms with Gasteiger partial charge in [-0.1, -0.05) is 15.9 Å². The van der Waals surface area contributed by atoms with E-state index in [1.807, 2.05) is 0 Å². The molecule has 0 radical (unpaired) electrons. The lowest BCUT2D eigenvalue weighted by atomic mass is 10.4. The van der Waals surface area contributed by atoms with Crippen molar-refractivity contribution in [3.63, 3.8) is 0 Å². The molecule has 0 saturated heterocycles. The highest BCUT2D eigenvalue weighted by Gasteiger charge is 2.05. The molecular formula is C5H3Br2NOS. The molecule has 54 valence electrons. The number of hydrogen-bond acceptors (Lipinski definition) is 3. The predicted octanol–water partition coefficient (Wildman–Crippen LogP) is 2.61. The lowest BCUT2D eigenvalue weighted by Crippen LogP contribution is -1.82. The summed E-state index contributed by atoms with van der Waals surface area (Å²) in [5, 5.41) is 0.628. The number of nitrogens with zero attached hydrogens (tertiary/aromatic N) is 1. The van der Waals surface area contributed by atoms with Gasteiger partial charge in [0.2, 0.25) is 0 Å². The number of alkyl halides is 1. The molecule has 0 fully saturated rings. The van der Waals surface area contributed by atoms with Gasteiger partial charge in [-0.05, 0) is 15.9 Å². The minimum atomic E-state index is 0.628. The van der Waals surface area contributed by atoms with Crippen molar-refractivity contribution in [1.82, 2.24) is 4.98 Å². The highest BCUT2D eigenvalue weighted by atomic mass is 79.9. The molecule has 0 aliphatic rings. The molecule has 1 rings (SSSR count). The van der Waals surface area contributed by atoms with Crippen molar-refractivity contribution in [1.29, 1.82) is 0 Å². The normalized spacial score (nSPS) is 9.80. The first-order chi connectivity index (χ1) is 4.77. The van der Waals surface area contributed by atoms with Crippen molar-refractivity contribution >= 4 is 49.5 Å². The van der Waals surface area contributed by atoms with E-state index in [0.29, 0.717) is 10.2 Å². The van der Waals surface area contributed by atoms with Crippen molar-refractivity contribution in [2.45, 2.75) is 5.33 Å². The molecule has 0 atom stereocenters. The van der Waals surface area contributed by atoms with Crippen LogP contribution < -0.4 is 0 Å². The van der Waals surface area contributed by atoms with Crippen molar-refractivity contribution in [2.24, 2.45) is 0 Å². The third-order valence-corrected chi connectivity index (χ3v) is 2.94. The van der Waals surface area contributed by atoms with Crippen LogP contribution in [0.25, 0.3) is 0 Å². The third kappa shape index (κ3) is 1.65. The molecule has 0 saturated carbocycles. The van der Waals surface area contributed by atoms with Gasteiger partial charge < -0.3 is 0 Å². The fourth-order valence-electron chi connectivity index (χ4n) is 0.521. The molecule has 1 aromatic rings. The van der Waals surface area contributed by atoms with Crippen LogP contribution in [-0.4, -0.2) is 11.3 Å². The molecule has 0 aliphatic carbocycles. The van der Waals surface area contributed by atoms with Crippen LogP contribution in [0, 0.1) is 0 Å². The van der Waals surface area contributed by atoms with E-state index in [2.05, 4.69) is 36.8 Å². The smallest absolute Gasteiger partial charge is 0.161 e. The minimum absolute atomic E-state index is 0.628. The Morgan fingerprint density at radius 2 is 2.40 bits per heavy atom. The summed E-state index contributed by atoms with van der Waals surface area (Å²) >= 11 is 7.77. The van der Waals surface area contributed by atoms with Crippen LogP contribution in [0.3, 0.4) is 0 Å². The summed E-state index contributed by atoms with van der Waals surface area (Å²) in [5.41, 5.74) is 0.798. The highest BCUT2D eigenvalue weighted by Crippen LogP contribution is 2.22. The maximum Gasteiger partial charge on any atom is 0.161 e. The highest BCUT2D eigenvalue weighted by molar-refractivity contribution is 9.11. The molecule has 0 bridgehead atoms. The lowest BCUT2D eigenvalue weighted by molar-refractivity contribution is 0.112. The van der Waals surface area contributed by atoms with E-state index in [1.165, 1.54) is 11.3 Å². The zero-order chi connectivity index (χ0) is 7.56. The standard InChI is InChI=1S/C5H3Br2NOS/c6-1-3-4(2-9)10-5(7)8-3/h2H,1H2. The third-order valence-electron chi connectivity index (χ3n) is 0.935. The fraction of sp³-hybridized carbons (Fsp3) is 0.200. The predicted molar refractivity (Wildman–Crippen MR) is 47.8 cm³/mol. The van der Waals surface area contributed by atoms with Crippen LogP contribution in [0.15, 0.2) is 3.92 Å². The molecule has 5 heteroatoms. The maximum atomic E-state index is 10.3. The van der Waals surface area contributed by atoms with Crippen LogP contribution in [0.5, 0.6) is 0 Å². The molecule has 0 aromatic carbocycles. The largest absolute Gasteiger partial charge is 0.297 e. The Hall–Kier alpha value is 0.260. The van der Waals surface area contributed by atoms with Gasteiger partial charge in [-0.15, -0.1) is 11.3 Å². The van der Waals surface area contributed by atoms with E-state index >= 15 is 0 Å². The van der Waals surface area contributed by atoms with Crippen LogP contribution in [0.2, 0.25) is 0 Å². The summed E-state index contributed by atoms with van der Waals surface area (Å²) in [7, 11) is 0. The van der Waals surface area contributed by atoms with Gasteiger partial charge in [0.1, 0.15) is 0 Å². The van der Waals surface area contributed by atoms with E-state index in [-0.39, 0.29) is 0 Å². The number of halogens is 2. The molecule has 0 N–H and O–H groups in total. The van der Waals surface area contributed by atoms with Crippen LogP contribution in [0.1, 0.15) is 15.4 Å². The Balaban J connectivity index is 3.08. The summed E-state index contributed by atoms with van der Waals surface area (Å²) < 4.78 is 0.754. The second-order valence-electron chi connectivity index (χ2n) is 1.53. The van der Waals surface area contributed by atoms with E-state index in [1.54, 1.807) is 0 Å². The van der Waals surface area contributed by atoms with Crippen molar-refractivity contribution in [2.75, 3.05) is 0 Å². The SMILES string of the molecule is O=Cc1sc(Br)nc1CBr. The zero-order valence-corrected chi connectivity index (χ0v) is 8.79. The number of rotatable bonds is 2. The Morgan fingerprint density at radius 1 is 1.70 bits per heavy atom. The molecule has 0 spiro atoms. The van der Waals surface area contributed by atoms with Gasteiger partial charge in [0.15, 0.2) is 10.2 Å². The summed E-state index contributed by atoms with van der Waals surface area (Å²) in [6.07, 6.45) is 0.818. The Bertz CT molecular complexity index is 248. The molecular weight excluding hydrogens is 282 g/mol. The molecule has 10 heavy (non-hydrogen) atoms. The van der Waals surface area contributed by atoms with Gasteiger partial charge >= 0.3 is 0 Å². The summed E-state index contributed by atoms with van der Waals surface area (Å²) in [5.74, 6) is 0. The van der Waals surface area contributed by atoms with Crippen LogP contribution in [0.4, 0.5) is 0 Å². The molecule has 1 aromatic heterocycles. The average Bonchev–Trinajstić information content (AvgIpc) is 2.30. The van der Waals surface area contributed by atoms with E-state index in [4.69, 9.17) is 0 Å². The minimum Gasteiger partial charge on any atom is -0.297 e. The quantitative estimate of drug-likeness (QED) is 0.617. The summed E-state index contributed by atoms with van der Waals surface area (Å²) in [6.45, 7) is 0. The van der Waals surface area contributed by atoms with Crippen molar-refractivity contribution < 1.29 is 4.79 Å². The first-order valence-corrected chi connectivity index (χ1v) is 5.17. The second-order valence-corrected chi connectivity index (χ2v) is 4.40. The van der Waals surface area contributed by atoms with Crippen LogP contribution in [-0.2, 0) is 5.33 Å². The first-order valence-electron chi connectivity index (χ1n) is 2.44. The van der Waals surface area contributed by atoms with Gasteiger partial charge in [0.25, 0.3) is 0 Å². The van der Waals surface area contributed by atoms with Gasteiger partial charge in [0.05, 0.1) is 10.6 Å². The molecule has 1 heterocycles. The van der Waals surface area contributed by atoms with Gasteiger partial charge in [-0.2, -0.15) is 0 Å². The number of carbonyl (C=O) groups is 1. The molecule has 2 nitrogen and oxygen atoms in total. The van der Waals surface area contributed by atoms with E-state index in [9.17, 15) is 4.79 Å². The Morgan fingerprint density at radius 3 is 2.80 bits per heavy atom. The molecule has 0 amide bonds. The lowest BCUT2D eigenvalue weighted by Gasteiger charge is -1.83. The summed E-state index contributed by atoms with van der Waals surface area (Å²) in [4.78, 5) is 15.1. The maximum absolute atomic E-state index is 10.3.